The van der Waals surface area contributed by atoms with Crippen LogP contribution in [0, 0.1) is 17.6 Å². The highest BCUT2D eigenvalue weighted by molar-refractivity contribution is 6.03. The van der Waals surface area contributed by atoms with E-state index in [-0.39, 0.29) is 37.9 Å². The fraction of sp³-hybridized carbons (Fsp3) is 0.278. The fourth-order valence-electron chi connectivity index (χ4n) is 8.64. The molecule has 340 valence electrons. The Hall–Kier alpha value is -6.73. The van der Waals surface area contributed by atoms with Crippen molar-refractivity contribution in [3.05, 3.63) is 197 Å². The number of β-lactam (4-membered cyclic amide) rings is 1. The number of hydrogen-bond donors (Lipinski definition) is 0. The second kappa shape index (κ2) is 21.5. The summed E-state index contributed by atoms with van der Waals surface area (Å²) in [6.07, 6.45) is -3.42. The molecule has 1 heterocycles. The summed E-state index contributed by atoms with van der Waals surface area (Å²) in [4.78, 5) is 41.9. The number of halogens is 2. The smallest absolute Gasteiger partial charge is 0.303 e. The second-order valence-corrected chi connectivity index (χ2v) is 16.5. The average molecular weight is 896 g/mol. The lowest BCUT2D eigenvalue weighted by molar-refractivity contribution is -0.197. The highest BCUT2D eigenvalue weighted by atomic mass is 19.1. The first kappa shape index (κ1) is 45.8. The first-order chi connectivity index (χ1) is 32.1. The van der Waals surface area contributed by atoms with Crippen LogP contribution in [-0.4, -0.2) is 49.2 Å². The lowest BCUT2D eigenvalue weighted by atomic mass is 9.78. The van der Waals surface area contributed by atoms with E-state index in [9.17, 15) is 23.2 Å². The zero-order valence-corrected chi connectivity index (χ0v) is 36.7. The Balaban J connectivity index is 1.05. The van der Waals surface area contributed by atoms with E-state index in [0.29, 0.717) is 35.6 Å². The number of carbonyl (C=O) groups is 3. The fourth-order valence-corrected chi connectivity index (χ4v) is 8.64. The Labute approximate surface area is 383 Å². The molecule has 2 aliphatic rings. The molecule has 2 fully saturated rings. The molecule has 10 nitrogen and oxygen atoms in total. The lowest BCUT2D eigenvalue weighted by Gasteiger charge is -2.48. The number of anilines is 1. The van der Waals surface area contributed by atoms with Crippen molar-refractivity contribution in [2.24, 2.45) is 5.92 Å². The molecule has 7 atom stereocenters. The SMILES string of the molecule is COc1ccc(CO[C@@H]2C(=O)C[C@@H](Oc3ccc([C@@H]4[C@@H](CCC(OC(C)=O)c5ccc(F)cc5)C(=O)N4c4ccc(F)cc4)cc3)[C@H](OCc3ccccc3)[C@H]2OCc2ccccc2)cc1. The minimum Gasteiger partial charge on any atom is -0.497 e. The molecule has 0 spiro atoms. The van der Waals surface area contributed by atoms with Gasteiger partial charge in [0, 0.05) is 19.0 Å². The van der Waals surface area contributed by atoms with Crippen LogP contribution in [0.15, 0.2) is 158 Å². The molecule has 1 aliphatic carbocycles. The summed E-state index contributed by atoms with van der Waals surface area (Å²) in [6, 6.07) is 45.2. The number of hydrogen-bond acceptors (Lipinski definition) is 9. The Bertz CT molecular complexity index is 2530. The van der Waals surface area contributed by atoms with E-state index in [1.54, 1.807) is 48.4 Å². The monoisotopic (exact) mass is 895 g/mol. The van der Waals surface area contributed by atoms with E-state index >= 15 is 0 Å². The van der Waals surface area contributed by atoms with Gasteiger partial charge in [-0.05, 0) is 101 Å². The third kappa shape index (κ3) is 11.2. The minimum absolute atomic E-state index is 0.0191. The number of esters is 1. The molecule has 6 aromatic carbocycles. The van der Waals surface area contributed by atoms with Gasteiger partial charge in [0.2, 0.25) is 5.91 Å². The summed E-state index contributed by atoms with van der Waals surface area (Å²) >= 11 is 0. The van der Waals surface area contributed by atoms with Crippen LogP contribution in [-0.2, 0) is 53.2 Å². The van der Waals surface area contributed by atoms with Crippen molar-refractivity contribution in [2.75, 3.05) is 12.0 Å². The zero-order chi connectivity index (χ0) is 46.0. The molecule has 6 aromatic rings. The standard InChI is InChI=1S/C54H51F2NO9/c1-35(58)65-48(39-15-19-41(55)20-16-39)30-29-46-50(57(54(46)60)43-23-21-42(56)22-24-43)40-17-27-45(28-18-40)66-49-31-47(59)51(62-34-38-13-25-44(61-2)26-14-38)53(64-33-37-11-7-4-8-12-37)52(49)63-32-36-9-5-3-6-10-36/h3-28,46,48-53H,29-34H2,1-2H3/t46-,48?,49-,50-,51-,52+,53+/m1/s1. The van der Waals surface area contributed by atoms with Gasteiger partial charge < -0.3 is 33.3 Å². The maximum Gasteiger partial charge on any atom is 0.303 e. The number of rotatable bonds is 19. The summed E-state index contributed by atoms with van der Waals surface area (Å²) in [5.74, 6) is -1.06. The van der Waals surface area contributed by atoms with Crippen LogP contribution in [0.3, 0.4) is 0 Å². The van der Waals surface area contributed by atoms with Gasteiger partial charge in [-0.2, -0.15) is 0 Å². The number of methoxy groups -OCH3 is 1. The van der Waals surface area contributed by atoms with Gasteiger partial charge in [0.25, 0.3) is 0 Å². The quantitative estimate of drug-likeness (QED) is 0.0580. The number of nitrogens with zero attached hydrogens (tertiary/aromatic N) is 1. The van der Waals surface area contributed by atoms with Gasteiger partial charge in [-0.15, -0.1) is 0 Å². The van der Waals surface area contributed by atoms with Gasteiger partial charge in [0.15, 0.2) is 5.78 Å². The molecule has 0 aromatic heterocycles. The first-order valence-electron chi connectivity index (χ1n) is 22.0. The number of benzene rings is 6. The predicted octanol–water partition coefficient (Wildman–Crippen LogP) is 10.2. The minimum atomic E-state index is -0.965. The van der Waals surface area contributed by atoms with Crippen molar-refractivity contribution in [1.29, 1.82) is 0 Å². The second-order valence-electron chi connectivity index (χ2n) is 16.5. The molecule has 1 aliphatic heterocycles. The Kier molecular flexibility index (Phi) is 14.9. The molecule has 1 amide bonds. The third-order valence-electron chi connectivity index (χ3n) is 12.0. The van der Waals surface area contributed by atoms with E-state index in [1.165, 1.54) is 31.2 Å². The highest BCUT2D eigenvalue weighted by Gasteiger charge is 2.50. The van der Waals surface area contributed by atoms with Gasteiger partial charge in [-0.3, -0.25) is 14.4 Å². The molecule has 1 saturated heterocycles. The zero-order valence-electron chi connectivity index (χ0n) is 36.7. The van der Waals surface area contributed by atoms with Gasteiger partial charge >= 0.3 is 5.97 Å². The third-order valence-corrected chi connectivity index (χ3v) is 12.0. The predicted molar refractivity (Wildman–Crippen MR) is 242 cm³/mol. The Morgan fingerprint density at radius 3 is 1.79 bits per heavy atom. The van der Waals surface area contributed by atoms with Crippen molar-refractivity contribution < 1.29 is 51.6 Å². The summed E-state index contributed by atoms with van der Waals surface area (Å²) in [5, 5.41) is 0. The maximum atomic E-state index is 14.2. The highest BCUT2D eigenvalue weighted by Crippen LogP contribution is 2.47. The van der Waals surface area contributed by atoms with Crippen LogP contribution in [0.4, 0.5) is 14.5 Å². The summed E-state index contributed by atoms with van der Waals surface area (Å²) < 4.78 is 65.2. The molecule has 66 heavy (non-hydrogen) atoms. The summed E-state index contributed by atoms with van der Waals surface area (Å²) in [6.45, 7) is 1.89. The number of ketones is 1. The van der Waals surface area contributed by atoms with Gasteiger partial charge in [0.05, 0.1) is 38.9 Å². The van der Waals surface area contributed by atoms with Gasteiger partial charge in [-0.25, -0.2) is 8.78 Å². The molecular weight excluding hydrogens is 845 g/mol. The summed E-state index contributed by atoms with van der Waals surface area (Å²) in [5.41, 5.74) is 4.64. The maximum absolute atomic E-state index is 14.2. The van der Waals surface area contributed by atoms with Crippen LogP contribution in [0.5, 0.6) is 11.5 Å². The van der Waals surface area contributed by atoms with Gasteiger partial charge in [-0.1, -0.05) is 97.1 Å². The number of ether oxygens (including phenoxy) is 6. The van der Waals surface area contributed by atoms with Gasteiger partial charge in [0.1, 0.15) is 53.7 Å². The van der Waals surface area contributed by atoms with E-state index in [2.05, 4.69) is 0 Å². The van der Waals surface area contributed by atoms with Crippen LogP contribution in [0.1, 0.15) is 66.1 Å². The largest absolute Gasteiger partial charge is 0.497 e. The number of carbonyl (C=O) groups excluding carboxylic acids is 3. The van der Waals surface area contributed by atoms with Crippen molar-refractivity contribution in [2.45, 2.75) is 82.6 Å². The van der Waals surface area contributed by atoms with E-state index < -0.39 is 60.1 Å². The normalized spacial score (nSPS) is 20.9. The van der Waals surface area contributed by atoms with Crippen LogP contribution >= 0.6 is 0 Å². The molecule has 1 unspecified atom stereocenters. The number of Topliss-reactive ketones (excluding diaryl/α,β-unsaturated/α-hetero) is 1. The van der Waals surface area contributed by atoms with E-state index in [4.69, 9.17) is 28.4 Å². The van der Waals surface area contributed by atoms with Crippen molar-refractivity contribution in [3.63, 3.8) is 0 Å². The molecule has 8 rings (SSSR count). The van der Waals surface area contributed by atoms with Crippen molar-refractivity contribution >= 4 is 23.3 Å². The molecular formula is C54H51F2NO9. The molecule has 0 bridgehead atoms. The number of amides is 1. The van der Waals surface area contributed by atoms with Crippen LogP contribution < -0.4 is 14.4 Å². The van der Waals surface area contributed by atoms with Crippen molar-refractivity contribution in [1.82, 2.24) is 0 Å². The average Bonchev–Trinajstić information content (AvgIpc) is 3.33. The molecule has 12 heteroatoms. The van der Waals surface area contributed by atoms with E-state index in [0.717, 1.165) is 22.3 Å². The van der Waals surface area contributed by atoms with Crippen LogP contribution in [0.25, 0.3) is 0 Å². The van der Waals surface area contributed by atoms with Crippen molar-refractivity contribution in [3.8, 4) is 11.5 Å². The molecule has 1 saturated carbocycles. The summed E-state index contributed by atoms with van der Waals surface area (Å²) in [7, 11) is 1.60. The lowest BCUT2D eigenvalue weighted by Crippen LogP contribution is -2.58. The molecule has 0 N–H and O–H groups in total. The Morgan fingerprint density at radius 2 is 1.20 bits per heavy atom. The Morgan fingerprint density at radius 1 is 0.652 bits per heavy atom. The van der Waals surface area contributed by atoms with Crippen LogP contribution in [0.2, 0.25) is 0 Å². The van der Waals surface area contributed by atoms with E-state index in [1.807, 2.05) is 97.1 Å². The molecule has 0 radical (unpaired) electrons. The first-order valence-corrected chi connectivity index (χ1v) is 22.0. The topological polar surface area (TPSA) is 110 Å².